The number of rotatable bonds is 11. The molecule has 30 heavy (non-hydrogen) atoms. The first kappa shape index (κ1) is 23.7. The number of amides is 2. The molecule has 0 aliphatic carbocycles. The molecule has 0 bridgehead atoms. The molecule has 0 aliphatic rings. The molecule has 0 spiro atoms. The van der Waals surface area contributed by atoms with Crippen molar-refractivity contribution in [2.75, 3.05) is 20.3 Å². The molecule has 0 fully saturated rings. The lowest BCUT2D eigenvalue weighted by atomic mass is 10.1. The largest absolute Gasteiger partial charge is 0.497 e. The third kappa shape index (κ3) is 7.37. The van der Waals surface area contributed by atoms with E-state index >= 15 is 0 Å². The number of ether oxygens (including phenoxy) is 2. The second kappa shape index (κ2) is 12.2. The zero-order valence-electron chi connectivity index (χ0n) is 17.7. The van der Waals surface area contributed by atoms with Gasteiger partial charge in [-0.3, -0.25) is 9.59 Å². The predicted octanol–water partition coefficient (Wildman–Crippen LogP) is 4.17. The Bertz CT molecular complexity index is 809. The molecule has 0 radical (unpaired) electrons. The highest BCUT2D eigenvalue weighted by Crippen LogP contribution is 2.18. The topological polar surface area (TPSA) is 67.9 Å². The van der Waals surface area contributed by atoms with Crippen LogP contribution >= 0.6 is 15.9 Å². The Balaban J connectivity index is 1.94. The van der Waals surface area contributed by atoms with Crippen molar-refractivity contribution in [2.45, 2.75) is 39.3 Å². The molecule has 162 valence electrons. The summed E-state index contributed by atoms with van der Waals surface area (Å²) in [5, 5.41) is 2.80. The number of carbonyl (C=O) groups is 2. The standard InChI is InChI=1S/C23H29BrN2O4/c1-4-25-23(28)17(2)26(16-18-7-9-19(24)10-8-18)22(27)6-5-15-30-21-13-11-20(29-3)12-14-21/h7-14,17H,4-6,15-16H2,1-3H3,(H,25,28). The molecule has 6 nitrogen and oxygen atoms in total. The highest BCUT2D eigenvalue weighted by atomic mass is 79.9. The molecule has 2 aromatic rings. The number of hydrogen-bond donors (Lipinski definition) is 1. The van der Waals surface area contributed by atoms with E-state index in [1.165, 1.54) is 0 Å². The number of halogens is 1. The van der Waals surface area contributed by atoms with Crippen molar-refractivity contribution in [3.8, 4) is 11.5 Å². The van der Waals surface area contributed by atoms with Gasteiger partial charge in [0.15, 0.2) is 0 Å². The van der Waals surface area contributed by atoms with Crippen LogP contribution in [0.25, 0.3) is 0 Å². The maximum absolute atomic E-state index is 12.9. The number of nitrogens with one attached hydrogen (secondary N) is 1. The van der Waals surface area contributed by atoms with E-state index in [-0.39, 0.29) is 11.8 Å². The summed E-state index contributed by atoms with van der Waals surface area (Å²) in [6.07, 6.45) is 0.861. The van der Waals surface area contributed by atoms with Gasteiger partial charge in [-0.1, -0.05) is 28.1 Å². The summed E-state index contributed by atoms with van der Waals surface area (Å²) >= 11 is 3.42. The van der Waals surface area contributed by atoms with Crippen LogP contribution < -0.4 is 14.8 Å². The van der Waals surface area contributed by atoms with Gasteiger partial charge in [0.05, 0.1) is 13.7 Å². The number of methoxy groups -OCH3 is 1. The number of carbonyl (C=O) groups excluding carboxylic acids is 2. The predicted molar refractivity (Wildman–Crippen MR) is 121 cm³/mol. The second-order valence-electron chi connectivity index (χ2n) is 6.85. The van der Waals surface area contributed by atoms with Crippen LogP contribution in [0.5, 0.6) is 11.5 Å². The minimum atomic E-state index is -0.552. The molecular formula is C23H29BrN2O4. The Kier molecular flexibility index (Phi) is 9.67. The van der Waals surface area contributed by atoms with Gasteiger partial charge in [0.25, 0.3) is 0 Å². The van der Waals surface area contributed by atoms with Gasteiger partial charge >= 0.3 is 0 Å². The van der Waals surface area contributed by atoms with Gasteiger partial charge < -0.3 is 19.7 Å². The monoisotopic (exact) mass is 476 g/mol. The van der Waals surface area contributed by atoms with Gasteiger partial charge in [0.1, 0.15) is 17.5 Å². The lowest BCUT2D eigenvalue weighted by Gasteiger charge is -2.28. The van der Waals surface area contributed by atoms with Gasteiger partial charge in [0.2, 0.25) is 11.8 Å². The molecule has 1 N–H and O–H groups in total. The van der Waals surface area contributed by atoms with Crippen LogP contribution in [-0.2, 0) is 16.1 Å². The fraction of sp³-hybridized carbons (Fsp3) is 0.391. The average Bonchev–Trinajstić information content (AvgIpc) is 2.76. The third-order valence-corrected chi connectivity index (χ3v) is 5.18. The van der Waals surface area contributed by atoms with Gasteiger partial charge in [-0.25, -0.2) is 0 Å². The zero-order valence-corrected chi connectivity index (χ0v) is 19.3. The van der Waals surface area contributed by atoms with Crippen LogP contribution in [0.3, 0.4) is 0 Å². The summed E-state index contributed by atoms with van der Waals surface area (Å²) in [6, 6.07) is 14.5. The SMILES string of the molecule is CCNC(=O)C(C)N(Cc1ccc(Br)cc1)C(=O)CCCOc1ccc(OC)cc1. The van der Waals surface area contributed by atoms with Crippen molar-refractivity contribution in [3.63, 3.8) is 0 Å². The van der Waals surface area contributed by atoms with Crippen molar-refractivity contribution in [2.24, 2.45) is 0 Å². The zero-order chi connectivity index (χ0) is 21.9. The van der Waals surface area contributed by atoms with E-state index in [1.807, 2.05) is 55.5 Å². The highest BCUT2D eigenvalue weighted by molar-refractivity contribution is 9.10. The Hall–Kier alpha value is -2.54. The van der Waals surface area contributed by atoms with Gasteiger partial charge in [0, 0.05) is 24.0 Å². The van der Waals surface area contributed by atoms with Crippen LogP contribution in [0.15, 0.2) is 53.0 Å². The molecule has 0 heterocycles. The normalized spacial score (nSPS) is 11.5. The smallest absolute Gasteiger partial charge is 0.242 e. The van der Waals surface area contributed by atoms with E-state index in [9.17, 15) is 9.59 Å². The minimum absolute atomic E-state index is 0.0741. The fourth-order valence-electron chi connectivity index (χ4n) is 2.92. The number of likely N-dealkylation sites (N-methyl/N-ethyl adjacent to an activating group) is 1. The molecule has 7 heteroatoms. The molecule has 2 aromatic carbocycles. The van der Waals surface area contributed by atoms with Gasteiger partial charge in [-0.2, -0.15) is 0 Å². The molecule has 2 amide bonds. The molecule has 0 saturated carbocycles. The Morgan fingerprint density at radius 2 is 1.70 bits per heavy atom. The Morgan fingerprint density at radius 1 is 1.07 bits per heavy atom. The van der Waals surface area contributed by atoms with Gasteiger partial charge in [-0.05, 0) is 62.2 Å². The summed E-state index contributed by atoms with van der Waals surface area (Å²) in [5.74, 6) is 1.26. The van der Waals surface area contributed by atoms with E-state index in [2.05, 4.69) is 21.2 Å². The van der Waals surface area contributed by atoms with E-state index in [0.29, 0.717) is 32.5 Å². The van der Waals surface area contributed by atoms with Crippen molar-refractivity contribution < 1.29 is 19.1 Å². The Morgan fingerprint density at radius 3 is 2.30 bits per heavy atom. The van der Waals surface area contributed by atoms with Crippen LogP contribution in [-0.4, -0.2) is 43.0 Å². The Labute approximate surface area is 186 Å². The summed E-state index contributed by atoms with van der Waals surface area (Å²) in [5.41, 5.74) is 0.970. The lowest BCUT2D eigenvalue weighted by molar-refractivity contribution is -0.140. The van der Waals surface area contributed by atoms with Crippen molar-refractivity contribution >= 4 is 27.7 Å². The third-order valence-electron chi connectivity index (χ3n) is 4.65. The summed E-state index contributed by atoms with van der Waals surface area (Å²) in [7, 11) is 1.61. The molecule has 2 rings (SSSR count). The highest BCUT2D eigenvalue weighted by Gasteiger charge is 2.25. The maximum Gasteiger partial charge on any atom is 0.242 e. The molecule has 0 saturated heterocycles. The number of hydrogen-bond acceptors (Lipinski definition) is 4. The minimum Gasteiger partial charge on any atom is -0.497 e. The first-order valence-electron chi connectivity index (χ1n) is 10.0. The van der Waals surface area contributed by atoms with Crippen molar-refractivity contribution in [1.82, 2.24) is 10.2 Å². The number of nitrogens with zero attached hydrogens (tertiary/aromatic N) is 1. The van der Waals surface area contributed by atoms with Crippen LogP contribution in [0.1, 0.15) is 32.3 Å². The fourth-order valence-corrected chi connectivity index (χ4v) is 3.18. The molecule has 1 atom stereocenters. The number of benzene rings is 2. The van der Waals surface area contributed by atoms with Crippen LogP contribution in [0.2, 0.25) is 0 Å². The molecular weight excluding hydrogens is 448 g/mol. The van der Waals surface area contributed by atoms with E-state index in [0.717, 1.165) is 21.5 Å². The average molecular weight is 477 g/mol. The van der Waals surface area contributed by atoms with E-state index in [4.69, 9.17) is 9.47 Å². The summed E-state index contributed by atoms with van der Waals surface area (Å²) < 4.78 is 11.8. The quantitative estimate of drug-likeness (QED) is 0.494. The summed E-state index contributed by atoms with van der Waals surface area (Å²) in [6.45, 7) is 4.94. The first-order chi connectivity index (χ1) is 14.4. The van der Waals surface area contributed by atoms with E-state index in [1.54, 1.807) is 18.9 Å². The van der Waals surface area contributed by atoms with Crippen LogP contribution in [0.4, 0.5) is 0 Å². The lowest BCUT2D eigenvalue weighted by Crippen LogP contribution is -2.47. The van der Waals surface area contributed by atoms with Crippen molar-refractivity contribution in [3.05, 3.63) is 58.6 Å². The molecule has 0 aromatic heterocycles. The van der Waals surface area contributed by atoms with Crippen LogP contribution in [0, 0.1) is 0 Å². The molecule has 0 aliphatic heterocycles. The van der Waals surface area contributed by atoms with Crippen molar-refractivity contribution in [1.29, 1.82) is 0 Å². The maximum atomic E-state index is 12.9. The second-order valence-corrected chi connectivity index (χ2v) is 7.76. The van der Waals surface area contributed by atoms with E-state index < -0.39 is 6.04 Å². The first-order valence-corrected chi connectivity index (χ1v) is 10.8. The molecule has 1 unspecified atom stereocenters. The van der Waals surface area contributed by atoms with Gasteiger partial charge in [-0.15, -0.1) is 0 Å². The summed E-state index contributed by atoms with van der Waals surface area (Å²) in [4.78, 5) is 26.9.